The van der Waals surface area contributed by atoms with E-state index < -0.39 is 5.92 Å². The average Bonchev–Trinajstić information content (AvgIpc) is 2.61. The first-order valence-electron chi connectivity index (χ1n) is 8.41. The van der Waals surface area contributed by atoms with Crippen LogP contribution in [-0.4, -0.2) is 18.2 Å². The molecule has 1 heterocycles. The van der Waals surface area contributed by atoms with Crippen LogP contribution in [0.15, 0.2) is 59.5 Å². The Bertz CT molecular complexity index is 635. The van der Waals surface area contributed by atoms with E-state index in [4.69, 9.17) is 10.5 Å². The highest BCUT2D eigenvalue weighted by molar-refractivity contribution is 6.10. The molecule has 5 nitrogen and oxygen atoms in total. The van der Waals surface area contributed by atoms with Crippen LogP contribution in [0.3, 0.4) is 0 Å². The van der Waals surface area contributed by atoms with Crippen LogP contribution in [0.5, 0.6) is 0 Å². The van der Waals surface area contributed by atoms with E-state index in [9.17, 15) is 4.79 Å². The van der Waals surface area contributed by atoms with E-state index in [1.807, 2.05) is 43.3 Å². The van der Waals surface area contributed by atoms with Crippen molar-refractivity contribution in [1.82, 2.24) is 0 Å². The number of carbonyl (C=O) groups is 1. The molecule has 1 aromatic rings. The predicted molar refractivity (Wildman–Crippen MR) is 97.4 cm³/mol. The molecule has 24 heavy (non-hydrogen) atoms. The van der Waals surface area contributed by atoms with Crippen LogP contribution in [0.1, 0.15) is 33.1 Å². The lowest BCUT2D eigenvalue weighted by Gasteiger charge is -2.28. The molecule has 1 atom stereocenters. The molecule has 1 aliphatic rings. The Balaban J connectivity index is 2.26. The van der Waals surface area contributed by atoms with Gasteiger partial charge in [-0.15, -0.1) is 0 Å². The number of ketones is 1. The van der Waals surface area contributed by atoms with Crippen molar-refractivity contribution in [1.29, 1.82) is 0 Å². The topological polar surface area (TPSA) is 67.9 Å². The van der Waals surface area contributed by atoms with Crippen molar-refractivity contribution >= 4 is 17.3 Å². The summed E-state index contributed by atoms with van der Waals surface area (Å²) in [5, 5.41) is 6.04. The fraction of sp³-hybridized carbons (Fsp3) is 0.368. The van der Waals surface area contributed by atoms with Gasteiger partial charge in [-0.25, -0.2) is 0 Å². The SMILES string of the molecule is CCC/C=C/C(=O)C1C=C(OCCC)N(c2ccccc2)N=C1N. The zero-order chi connectivity index (χ0) is 17.4. The molecule has 0 radical (unpaired) electrons. The number of hydrazone groups is 1. The van der Waals surface area contributed by atoms with Crippen molar-refractivity contribution in [3.63, 3.8) is 0 Å². The van der Waals surface area contributed by atoms with E-state index in [2.05, 4.69) is 12.0 Å². The Morgan fingerprint density at radius 1 is 1.29 bits per heavy atom. The van der Waals surface area contributed by atoms with Gasteiger partial charge in [0.25, 0.3) is 0 Å². The number of hydrogen-bond donors (Lipinski definition) is 1. The third-order valence-electron chi connectivity index (χ3n) is 3.55. The minimum atomic E-state index is -0.579. The summed E-state index contributed by atoms with van der Waals surface area (Å²) in [7, 11) is 0. The summed E-state index contributed by atoms with van der Waals surface area (Å²) in [4.78, 5) is 12.4. The van der Waals surface area contributed by atoms with Gasteiger partial charge in [0.1, 0.15) is 11.8 Å². The van der Waals surface area contributed by atoms with Crippen LogP contribution in [0.25, 0.3) is 0 Å². The van der Waals surface area contributed by atoms with Crippen LogP contribution >= 0.6 is 0 Å². The van der Waals surface area contributed by atoms with Crippen LogP contribution in [0.4, 0.5) is 5.69 Å². The maximum Gasteiger partial charge on any atom is 0.212 e. The fourth-order valence-electron chi connectivity index (χ4n) is 2.29. The first-order valence-corrected chi connectivity index (χ1v) is 8.41. The third-order valence-corrected chi connectivity index (χ3v) is 3.55. The average molecular weight is 327 g/mol. The lowest BCUT2D eigenvalue weighted by atomic mass is 10.0. The largest absolute Gasteiger partial charge is 0.478 e. The van der Waals surface area contributed by atoms with Crippen LogP contribution < -0.4 is 10.7 Å². The highest BCUT2D eigenvalue weighted by Gasteiger charge is 2.28. The number of amidine groups is 1. The number of allylic oxidation sites excluding steroid dienone is 2. The number of ether oxygens (including phenoxy) is 1. The third kappa shape index (κ3) is 4.47. The molecule has 0 amide bonds. The van der Waals surface area contributed by atoms with E-state index in [0.717, 1.165) is 24.9 Å². The van der Waals surface area contributed by atoms with E-state index in [1.165, 1.54) is 0 Å². The van der Waals surface area contributed by atoms with Crippen molar-refractivity contribution in [3.05, 3.63) is 54.4 Å². The number of nitrogens with two attached hydrogens (primary N) is 1. The quantitative estimate of drug-likeness (QED) is 0.741. The van der Waals surface area contributed by atoms with Gasteiger partial charge in [-0.2, -0.15) is 10.1 Å². The minimum Gasteiger partial charge on any atom is -0.478 e. The molecular weight excluding hydrogens is 302 g/mol. The van der Waals surface area contributed by atoms with Gasteiger partial charge in [-0.3, -0.25) is 4.79 Å². The minimum absolute atomic E-state index is 0.0741. The molecule has 0 saturated carbocycles. The number of nitrogens with zero attached hydrogens (tertiary/aromatic N) is 2. The van der Waals surface area contributed by atoms with E-state index >= 15 is 0 Å². The number of anilines is 1. The second kappa shape index (κ2) is 8.91. The molecule has 128 valence electrons. The molecule has 0 aliphatic carbocycles. The molecule has 0 spiro atoms. The lowest BCUT2D eigenvalue weighted by Crippen LogP contribution is -2.37. The van der Waals surface area contributed by atoms with Crippen molar-refractivity contribution in [2.45, 2.75) is 33.1 Å². The van der Waals surface area contributed by atoms with Crippen LogP contribution in [0, 0.1) is 5.92 Å². The molecular formula is C19H25N3O2. The standard InChI is InChI=1S/C19H25N3O2/c1-3-5-7-12-17(23)16-14-18(24-13-4-2)22(21-19(16)20)15-10-8-6-9-11-15/h6-12,14,16H,3-5,13H2,1-2H3,(H2,20,21)/b12-7+. The molecule has 2 rings (SSSR count). The Hall–Kier alpha value is -2.56. The first kappa shape index (κ1) is 17.8. The Labute approximate surface area is 143 Å². The number of rotatable bonds is 8. The number of carbonyl (C=O) groups excluding carboxylic acids is 1. The molecule has 1 aliphatic heterocycles. The van der Waals surface area contributed by atoms with Gasteiger partial charge in [-0.1, -0.05) is 44.5 Å². The molecule has 1 unspecified atom stereocenters. The highest BCUT2D eigenvalue weighted by atomic mass is 16.5. The number of hydrogen-bond acceptors (Lipinski definition) is 5. The van der Waals surface area contributed by atoms with Gasteiger partial charge in [-0.05, 0) is 37.1 Å². The smallest absolute Gasteiger partial charge is 0.212 e. The molecule has 0 fully saturated rings. The molecule has 5 heteroatoms. The van der Waals surface area contributed by atoms with Crippen molar-refractivity contribution in [2.75, 3.05) is 11.6 Å². The zero-order valence-corrected chi connectivity index (χ0v) is 14.3. The van der Waals surface area contributed by atoms with E-state index in [0.29, 0.717) is 12.5 Å². The Morgan fingerprint density at radius 3 is 2.71 bits per heavy atom. The van der Waals surface area contributed by atoms with Crippen molar-refractivity contribution in [2.24, 2.45) is 16.8 Å². The molecule has 0 bridgehead atoms. The highest BCUT2D eigenvalue weighted by Crippen LogP contribution is 2.26. The van der Waals surface area contributed by atoms with Gasteiger partial charge in [0.15, 0.2) is 5.78 Å². The van der Waals surface area contributed by atoms with E-state index in [1.54, 1.807) is 17.2 Å². The number of unbranched alkanes of at least 4 members (excludes halogenated alkanes) is 1. The second-order valence-electron chi connectivity index (χ2n) is 5.60. The van der Waals surface area contributed by atoms with Gasteiger partial charge in [0.05, 0.1) is 12.3 Å². The summed E-state index contributed by atoms with van der Waals surface area (Å²) in [6.45, 7) is 4.65. The Morgan fingerprint density at radius 2 is 2.04 bits per heavy atom. The lowest BCUT2D eigenvalue weighted by molar-refractivity contribution is -0.115. The molecule has 2 N–H and O–H groups in total. The summed E-state index contributed by atoms with van der Waals surface area (Å²) in [6.07, 6.45) is 7.95. The number of benzene rings is 1. The first-order chi connectivity index (χ1) is 11.7. The van der Waals surface area contributed by atoms with Crippen LogP contribution in [-0.2, 0) is 9.53 Å². The Kier molecular flexibility index (Phi) is 6.61. The second-order valence-corrected chi connectivity index (χ2v) is 5.60. The molecule has 0 aromatic heterocycles. The molecule has 0 saturated heterocycles. The normalized spacial score (nSPS) is 17.6. The summed E-state index contributed by atoms with van der Waals surface area (Å²) in [5.74, 6) is 0.160. The van der Waals surface area contributed by atoms with Crippen molar-refractivity contribution < 1.29 is 9.53 Å². The summed E-state index contributed by atoms with van der Waals surface area (Å²) in [5.41, 5.74) is 6.90. The monoisotopic (exact) mass is 327 g/mol. The maximum absolute atomic E-state index is 12.4. The molecule has 1 aromatic carbocycles. The van der Waals surface area contributed by atoms with Gasteiger partial charge >= 0.3 is 0 Å². The van der Waals surface area contributed by atoms with E-state index in [-0.39, 0.29) is 11.6 Å². The summed E-state index contributed by atoms with van der Waals surface area (Å²) in [6, 6.07) is 9.61. The van der Waals surface area contributed by atoms with Gasteiger partial charge in [0, 0.05) is 0 Å². The predicted octanol–water partition coefficient (Wildman–Crippen LogP) is 3.59. The zero-order valence-electron chi connectivity index (χ0n) is 14.3. The van der Waals surface area contributed by atoms with Gasteiger partial charge < -0.3 is 10.5 Å². The van der Waals surface area contributed by atoms with Crippen LogP contribution in [0.2, 0.25) is 0 Å². The van der Waals surface area contributed by atoms with Crippen molar-refractivity contribution in [3.8, 4) is 0 Å². The number of para-hydroxylation sites is 1. The summed E-state index contributed by atoms with van der Waals surface area (Å²) < 4.78 is 5.80. The van der Waals surface area contributed by atoms with Gasteiger partial charge in [0.2, 0.25) is 5.88 Å². The summed E-state index contributed by atoms with van der Waals surface area (Å²) >= 11 is 0. The fourth-order valence-corrected chi connectivity index (χ4v) is 2.29. The maximum atomic E-state index is 12.4.